The standard InChI is InChI=1S/C14H32OPS2.Mo/c1-3-5-7-9-11-13-18(16(15)17)14-12-10-8-6-4-2;/h15,17H,3-14H2,1-2H3;/q+1;-1. The molecule has 0 aromatic carbocycles. The van der Waals surface area contributed by atoms with E-state index in [1.165, 1.54) is 75.7 Å². The fraction of sp³-hybridized carbons (Fsp3) is 1.00. The van der Waals surface area contributed by atoms with E-state index >= 15 is 0 Å². The minimum atomic E-state index is -1.90. The SMILES string of the molecule is CCCCCCCS(CCCCCCC)=[P](O)(S)[Mo]. The zero-order valence-corrected chi connectivity index (χ0v) is 17.3. The second-order valence-corrected chi connectivity index (χ2v) is 21.5. The first-order valence-electron chi connectivity index (χ1n) is 7.76. The quantitative estimate of drug-likeness (QED) is 0.184. The van der Waals surface area contributed by atoms with Crippen LogP contribution in [0.5, 0.6) is 0 Å². The van der Waals surface area contributed by atoms with Crippen molar-refractivity contribution in [3.8, 4) is 0 Å². The maximum absolute atomic E-state index is 10.3. The molecule has 0 fully saturated rings. The Balaban J connectivity index is 3.93. The number of unbranched alkanes of at least 4 members (excludes halogenated alkanes) is 8. The summed E-state index contributed by atoms with van der Waals surface area (Å²) < 4.78 is -1.90. The molecule has 0 saturated heterocycles. The van der Waals surface area contributed by atoms with Gasteiger partial charge in [-0.05, 0) is 0 Å². The Morgan fingerprint density at radius 1 is 0.842 bits per heavy atom. The predicted molar refractivity (Wildman–Crippen MR) is 92.7 cm³/mol. The number of rotatable bonds is 12. The van der Waals surface area contributed by atoms with Crippen LogP contribution in [0.1, 0.15) is 78.1 Å². The molecule has 0 aliphatic carbocycles. The molecule has 0 aliphatic rings. The van der Waals surface area contributed by atoms with Crippen LogP contribution >= 0.6 is 15.8 Å². The third-order valence-corrected chi connectivity index (χ3v) is 15.4. The molecule has 1 N–H and O–H groups in total. The van der Waals surface area contributed by atoms with Gasteiger partial charge in [-0.25, -0.2) is 0 Å². The Morgan fingerprint density at radius 2 is 1.21 bits per heavy atom. The van der Waals surface area contributed by atoms with E-state index in [0.29, 0.717) is 0 Å². The summed E-state index contributed by atoms with van der Waals surface area (Å²) in [6, 6.07) is 0. The first kappa shape index (κ1) is 20.8. The Bertz CT molecular complexity index is 242. The van der Waals surface area contributed by atoms with Crippen molar-refractivity contribution in [3.05, 3.63) is 0 Å². The van der Waals surface area contributed by atoms with Crippen LogP contribution in [0.25, 0.3) is 0 Å². The Morgan fingerprint density at radius 3 is 1.53 bits per heavy atom. The van der Waals surface area contributed by atoms with Gasteiger partial charge in [0.1, 0.15) is 0 Å². The van der Waals surface area contributed by atoms with E-state index < -0.39 is 3.56 Å². The van der Waals surface area contributed by atoms with E-state index in [1.54, 1.807) is 0 Å². The molecule has 0 aromatic rings. The predicted octanol–water partition coefficient (Wildman–Crippen LogP) is 5.69. The van der Waals surface area contributed by atoms with Gasteiger partial charge in [0.15, 0.2) is 0 Å². The van der Waals surface area contributed by atoms with E-state index in [4.69, 9.17) is 0 Å². The number of hydrogen-bond acceptors (Lipinski definition) is 0. The van der Waals surface area contributed by atoms with E-state index in [2.05, 4.69) is 26.1 Å². The van der Waals surface area contributed by atoms with Crippen molar-refractivity contribution in [2.75, 3.05) is 11.5 Å². The summed E-state index contributed by atoms with van der Waals surface area (Å²) in [7, 11) is 0.183. The van der Waals surface area contributed by atoms with Gasteiger partial charge in [0.2, 0.25) is 0 Å². The molecular weight excluding hydrogens is 375 g/mol. The molecule has 0 saturated carbocycles. The molecular formula is C14H32MoOPS2. The fourth-order valence-corrected chi connectivity index (χ4v) is 10.8. The summed E-state index contributed by atoms with van der Waals surface area (Å²) in [4.78, 5) is 10.3. The van der Waals surface area contributed by atoms with Crippen LogP contribution in [-0.2, 0) is 29.4 Å². The molecule has 0 amide bonds. The Kier molecular flexibility index (Phi) is 14.7. The van der Waals surface area contributed by atoms with E-state index in [9.17, 15) is 4.89 Å². The molecule has 1 unspecified atom stereocenters. The van der Waals surface area contributed by atoms with E-state index in [0.717, 1.165) is 0 Å². The molecule has 0 rings (SSSR count). The average Bonchev–Trinajstić information content (AvgIpc) is 2.34. The summed E-state index contributed by atoms with van der Waals surface area (Å²) in [5, 5.41) is 0. The van der Waals surface area contributed by atoms with Gasteiger partial charge in [-0.1, -0.05) is 0 Å². The molecule has 0 bridgehead atoms. The third-order valence-electron chi connectivity index (χ3n) is 3.30. The summed E-state index contributed by atoms with van der Waals surface area (Å²) in [6.07, 6.45) is 13.3. The van der Waals surface area contributed by atoms with E-state index in [1.807, 2.05) is 19.3 Å². The van der Waals surface area contributed by atoms with Gasteiger partial charge >= 0.3 is 140 Å². The molecule has 1 atom stereocenters. The average molecular weight is 407 g/mol. The van der Waals surface area contributed by atoms with Crippen molar-refractivity contribution in [3.63, 3.8) is 0 Å². The van der Waals surface area contributed by atoms with Gasteiger partial charge in [0, 0.05) is 0 Å². The van der Waals surface area contributed by atoms with Crippen LogP contribution in [0, 0.1) is 0 Å². The normalized spacial score (nSPS) is 14.8. The van der Waals surface area contributed by atoms with Crippen molar-refractivity contribution in [1.29, 1.82) is 0 Å². The molecule has 1 nitrogen and oxygen atoms in total. The van der Waals surface area contributed by atoms with Crippen LogP contribution in [0.4, 0.5) is 0 Å². The van der Waals surface area contributed by atoms with Crippen LogP contribution in [0.2, 0.25) is 0 Å². The number of thiol groups is 1. The molecule has 5 heteroatoms. The van der Waals surface area contributed by atoms with Crippen LogP contribution < -0.4 is 0 Å². The first-order chi connectivity index (χ1) is 9.02. The molecule has 0 aliphatic heterocycles. The topological polar surface area (TPSA) is 20.2 Å². The van der Waals surface area contributed by atoms with E-state index in [-0.39, 0.29) is 10.1 Å². The maximum atomic E-state index is 10.3. The molecule has 19 heavy (non-hydrogen) atoms. The van der Waals surface area contributed by atoms with Crippen molar-refractivity contribution in [2.45, 2.75) is 78.1 Å². The monoisotopic (exact) mass is 409 g/mol. The van der Waals surface area contributed by atoms with Gasteiger partial charge in [-0.15, -0.1) is 0 Å². The van der Waals surface area contributed by atoms with Gasteiger partial charge in [-0.3, -0.25) is 0 Å². The summed E-state index contributed by atoms with van der Waals surface area (Å²) >= 11 is 6.43. The second kappa shape index (κ2) is 13.4. The van der Waals surface area contributed by atoms with Gasteiger partial charge in [0.05, 0.1) is 0 Å². The Labute approximate surface area is 139 Å². The zero-order chi connectivity index (χ0) is 14.6. The van der Waals surface area contributed by atoms with Gasteiger partial charge < -0.3 is 0 Å². The molecule has 0 aromatic heterocycles. The van der Waals surface area contributed by atoms with Crippen LogP contribution in [0.15, 0.2) is 0 Å². The number of hydrogen-bond donors (Lipinski definition) is 2. The minimum absolute atomic E-state index is 0.183. The summed E-state index contributed by atoms with van der Waals surface area (Å²) in [5.74, 6) is 2.43. The summed E-state index contributed by atoms with van der Waals surface area (Å²) in [6.45, 7) is 4.51. The Hall–Kier alpha value is 1.78. The fourth-order valence-electron chi connectivity index (χ4n) is 2.08. The zero-order valence-electron chi connectivity index (χ0n) is 12.6. The molecule has 117 valence electrons. The van der Waals surface area contributed by atoms with Gasteiger partial charge in [-0.2, -0.15) is 0 Å². The van der Waals surface area contributed by atoms with Crippen molar-refractivity contribution in [2.24, 2.45) is 0 Å². The van der Waals surface area contributed by atoms with Gasteiger partial charge in [0.25, 0.3) is 0 Å². The molecule has 0 heterocycles. The van der Waals surface area contributed by atoms with Crippen molar-refractivity contribution in [1.82, 2.24) is 0 Å². The molecule has 0 spiro atoms. The third kappa shape index (κ3) is 13.2. The second-order valence-electron chi connectivity index (χ2n) is 5.19. The summed E-state index contributed by atoms with van der Waals surface area (Å²) in [5.41, 5.74) is 0. The van der Waals surface area contributed by atoms with Crippen LogP contribution in [0.3, 0.4) is 0 Å². The first-order valence-corrected chi connectivity index (χ1v) is 15.4. The van der Waals surface area contributed by atoms with Crippen molar-refractivity contribution < 1.29 is 24.2 Å². The van der Waals surface area contributed by atoms with Crippen molar-refractivity contribution >= 4 is 25.9 Å². The molecule has 0 radical (unpaired) electrons. The van der Waals surface area contributed by atoms with Crippen LogP contribution in [-0.4, -0.2) is 16.4 Å².